The third kappa shape index (κ3) is 3.69. The smallest absolute Gasteiger partial charge is 0.253 e. The molecule has 0 radical (unpaired) electrons. The van der Waals surface area contributed by atoms with Gasteiger partial charge in [-0.1, -0.05) is 60.7 Å². The molecule has 0 bridgehead atoms. The van der Waals surface area contributed by atoms with Gasteiger partial charge in [0.05, 0.1) is 6.04 Å². The van der Waals surface area contributed by atoms with Crippen molar-refractivity contribution in [2.75, 3.05) is 26.7 Å². The summed E-state index contributed by atoms with van der Waals surface area (Å²) in [6, 6.07) is 24.4. The molecule has 3 nitrogen and oxygen atoms in total. The second-order valence-corrected chi connectivity index (χ2v) is 7.22. The normalized spacial score (nSPS) is 17.5. The molecule has 1 atom stereocenters. The van der Waals surface area contributed by atoms with Crippen LogP contribution in [0, 0.1) is 5.82 Å². The van der Waals surface area contributed by atoms with E-state index in [0.29, 0.717) is 30.8 Å². The van der Waals surface area contributed by atoms with Crippen LogP contribution < -0.4 is 0 Å². The lowest BCUT2D eigenvalue weighted by Crippen LogP contribution is -2.49. The fraction of sp³-hybridized carbons (Fsp3) is 0.208. The second-order valence-electron chi connectivity index (χ2n) is 7.22. The van der Waals surface area contributed by atoms with Gasteiger partial charge in [-0.15, -0.1) is 0 Å². The topological polar surface area (TPSA) is 23.6 Å². The van der Waals surface area contributed by atoms with Crippen LogP contribution in [0.15, 0.2) is 78.9 Å². The van der Waals surface area contributed by atoms with Crippen molar-refractivity contribution in [3.05, 3.63) is 95.8 Å². The lowest BCUT2D eigenvalue weighted by Gasteiger charge is -2.39. The first-order valence-corrected chi connectivity index (χ1v) is 9.53. The number of hydrogen-bond donors (Lipinski definition) is 0. The molecule has 1 heterocycles. The molecular formula is C24H23FN2O. The summed E-state index contributed by atoms with van der Waals surface area (Å²) >= 11 is 0. The number of hydrogen-bond acceptors (Lipinski definition) is 2. The number of piperazine rings is 1. The van der Waals surface area contributed by atoms with Gasteiger partial charge in [0.25, 0.3) is 5.91 Å². The highest BCUT2D eigenvalue weighted by atomic mass is 19.1. The highest BCUT2D eigenvalue weighted by molar-refractivity contribution is 5.95. The van der Waals surface area contributed by atoms with Gasteiger partial charge < -0.3 is 4.90 Å². The van der Waals surface area contributed by atoms with E-state index >= 15 is 0 Å². The first-order chi connectivity index (χ1) is 13.6. The summed E-state index contributed by atoms with van der Waals surface area (Å²) in [6.07, 6.45) is 0. The van der Waals surface area contributed by atoms with E-state index in [9.17, 15) is 9.18 Å². The van der Waals surface area contributed by atoms with Gasteiger partial charge in [0, 0.05) is 30.8 Å². The average molecular weight is 374 g/mol. The van der Waals surface area contributed by atoms with Gasteiger partial charge in [-0.05, 0) is 36.4 Å². The number of likely N-dealkylation sites (N-methyl/N-ethyl adjacent to an activating group) is 1. The Morgan fingerprint density at radius 3 is 2.39 bits per heavy atom. The molecular weight excluding hydrogens is 351 g/mol. The van der Waals surface area contributed by atoms with Crippen LogP contribution in [0.2, 0.25) is 0 Å². The van der Waals surface area contributed by atoms with Crippen molar-refractivity contribution in [1.82, 2.24) is 9.80 Å². The first-order valence-electron chi connectivity index (χ1n) is 9.53. The van der Waals surface area contributed by atoms with E-state index in [0.717, 1.165) is 11.1 Å². The van der Waals surface area contributed by atoms with Gasteiger partial charge in [0.2, 0.25) is 0 Å². The van der Waals surface area contributed by atoms with Crippen LogP contribution in [0.1, 0.15) is 22.0 Å². The SMILES string of the molecule is CN1CCN(C(=O)c2cccc(-c3ccccc3)c2)CC1c1ccccc1F. The molecule has 28 heavy (non-hydrogen) atoms. The van der Waals surface area contributed by atoms with E-state index in [-0.39, 0.29) is 17.8 Å². The van der Waals surface area contributed by atoms with E-state index in [1.54, 1.807) is 12.1 Å². The fourth-order valence-corrected chi connectivity index (χ4v) is 3.78. The molecule has 0 aliphatic carbocycles. The van der Waals surface area contributed by atoms with Gasteiger partial charge in [-0.3, -0.25) is 9.69 Å². The standard InChI is InChI=1S/C24H23FN2O/c1-26-14-15-27(17-23(26)21-12-5-6-13-22(21)25)24(28)20-11-7-10-19(16-20)18-8-3-2-4-9-18/h2-13,16,23H,14-15,17H2,1H3. The van der Waals surface area contributed by atoms with Gasteiger partial charge >= 0.3 is 0 Å². The molecule has 4 heteroatoms. The van der Waals surface area contributed by atoms with Crippen LogP contribution in [0.3, 0.4) is 0 Å². The van der Waals surface area contributed by atoms with Gasteiger partial charge in [-0.2, -0.15) is 0 Å². The zero-order chi connectivity index (χ0) is 19.5. The van der Waals surface area contributed by atoms with E-state index in [1.165, 1.54) is 6.07 Å². The molecule has 1 amide bonds. The van der Waals surface area contributed by atoms with Crippen molar-refractivity contribution in [3.8, 4) is 11.1 Å². The lowest BCUT2D eigenvalue weighted by atomic mass is 10.00. The average Bonchev–Trinajstić information content (AvgIpc) is 2.75. The summed E-state index contributed by atoms with van der Waals surface area (Å²) in [6.45, 7) is 1.82. The molecule has 1 unspecified atom stereocenters. The highest BCUT2D eigenvalue weighted by Gasteiger charge is 2.30. The van der Waals surface area contributed by atoms with Gasteiger partial charge in [-0.25, -0.2) is 4.39 Å². The number of halogens is 1. The van der Waals surface area contributed by atoms with Crippen molar-refractivity contribution in [2.24, 2.45) is 0 Å². The third-order valence-electron chi connectivity index (χ3n) is 5.42. The number of nitrogens with zero attached hydrogens (tertiary/aromatic N) is 2. The highest BCUT2D eigenvalue weighted by Crippen LogP contribution is 2.27. The molecule has 1 saturated heterocycles. The molecule has 4 rings (SSSR count). The number of carbonyl (C=O) groups excluding carboxylic acids is 1. The van der Waals surface area contributed by atoms with E-state index in [2.05, 4.69) is 4.90 Å². The zero-order valence-electron chi connectivity index (χ0n) is 15.9. The minimum absolute atomic E-state index is 0.00720. The van der Waals surface area contributed by atoms with Crippen molar-refractivity contribution >= 4 is 5.91 Å². The number of rotatable bonds is 3. The lowest BCUT2D eigenvalue weighted by molar-refractivity contribution is 0.0540. The minimum atomic E-state index is -0.222. The summed E-state index contributed by atoms with van der Waals surface area (Å²) in [5.41, 5.74) is 3.41. The Balaban J connectivity index is 1.58. The maximum Gasteiger partial charge on any atom is 0.253 e. The van der Waals surface area contributed by atoms with Gasteiger partial charge in [0.1, 0.15) is 5.82 Å². The van der Waals surface area contributed by atoms with Gasteiger partial charge in [0.15, 0.2) is 0 Å². The molecule has 1 aliphatic heterocycles. The molecule has 1 aliphatic rings. The Morgan fingerprint density at radius 1 is 0.893 bits per heavy atom. The van der Waals surface area contributed by atoms with Crippen LogP contribution in [-0.4, -0.2) is 42.4 Å². The largest absolute Gasteiger partial charge is 0.335 e. The summed E-state index contributed by atoms with van der Waals surface area (Å²) in [7, 11) is 1.98. The molecule has 0 N–H and O–H groups in total. The predicted octanol–water partition coefficient (Wildman–Crippen LogP) is 4.62. The van der Waals surface area contributed by atoms with Crippen LogP contribution >= 0.6 is 0 Å². The monoisotopic (exact) mass is 374 g/mol. The predicted molar refractivity (Wildman–Crippen MR) is 110 cm³/mol. The number of carbonyl (C=O) groups is 1. The van der Waals surface area contributed by atoms with Crippen LogP contribution in [0.4, 0.5) is 4.39 Å². The van der Waals surface area contributed by atoms with Crippen LogP contribution in [0.25, 0.3) is 11.1 Å². The Morgan fingerprint density at radius 2 is 1.61 bits per heavy atom. The van der Waals surface area contributed by atoms with E-state index < -0.39 is 0 Å². The van der Waals surface area contributed by atoms with Crippen molar-refractivity contribution in [3.63, 3.8) is 0 Å². The van der Waals surface area contributed by atoms with Crippen LogP contribution in [-0.2, 0) is 0 Å². The fourth-order valence-electron chi connectivity index (χ4n) is 3.78. The summed E-state index contributed by atoms with van der Waals surface area (Å²) in [5.74, 6) is -0.230. The molecule has 0 spiro atoms. The number of benzene rings is 3. The van der Waals surface area contributed by atoms with Crippen molar-refractivity contribution < 1.29 is 9.18 Å². The molecule has 142 valence electrons. The minimum Gasteiger partial charge on any atom is -0.335 e. The summed E-state index contributed by atoms with van der Waals surface area (Å²) in [4.78, 5) is 17.1. The van der Waals surface area contributed by atoms with E-state index in [1.807, 2.05) is 72.6 Å². The molecule has 1 fully saturated rings. The summed E-state index contributed by atoms with van der Waals surface area (Å²) in [5, 5.41) is 0. The summed E-state index contributed by atoms with van der Waals surface area (Å²) < 4.78 is 14.3. The Bertz CT molecular complexity index is 973. The van der Waals surface area contributed by atoms with E-state index in [4.69, 9.17) is 0 Å². The third-order valence-corrected chi connectivity index (χ3v) is 5.42. The zero-order valence-corrected chi connectivity index (χ0v) is 15.9. The number of amides is 1. The van der Waals surface area contributed by atoms with Crippen molar-refractivity contribution in [1.29, 1.82) is 0 Å². The maximum absolute atomic E-state index is 14.3. The van der Waals surface area contributed by atoms with Crippen LogP contribution in [0.5, 0.6) is 0 Å². The Kier molecular flexibility index (Phi) is 5.22. The maximum atomic E-state index is 14.3. The second kappa shape index (κ2) is 7.95. The Labute approximate surface area is 165 Å². The van der Waals surface area contributed by atoms with Crippen molar-refractivity contribution in [2.45, 2.75) is 6.04 Å². The molecule has 0 aromatic heterocycles. The molecule has 3 aromatic carbocycles. The molecule has 0 saturated carbocycles. The quantitative estimate of drug-likeness (QED) is 0.668. The molecule has 3 aromatic rings. The Hall–Kier alpha value is -2.98. The first kappa shape index (κ1) is 18.4.